The Bertz CT molecular complexity index is 470. The Balaban J connectivity index is 1.90. The molecule has 2 N–H and O–H groups in total. The zero-order valence-electron chi connectivity index (χ0n) is 9.10. The zero-order chi connectivity index (χ0) is 12.1. The molecule has 1 aromatic carbocycles. The van der Waals surface area contributed by atoms with Gasteiger partial charge in [-0.05, 0) is 30.8 Å². The first kappa shape index (κ1) is 11.9. The van der Waals surface area contributed by atoms with E-state index < -0.39 is 0 Å². The molecule has 0 aliphatic heterocycles. The maximum absolute atomic E-state index is 5.76. The average Bonchev–Trinajstić information content (AvgIpc) is 2.77. The summed E-state index contributed by atoms with van der Waals surface area (Å²) in [5.74, 6) is 1.73. The number of hydrogen-bond donors (Lipinski definition) is 1. The molecular weight excluding hydrogens is 242 g/mol. The van der Waals surface area contributed by atoms with Gasteiger partial charge in [-0.3, -0.25) is 0 Å². The van der Waals surface area contributed by atoms with E-state index in [4.69, 9.17) is 26.6 Å². The molecule has 17 heavy (non-hydrogen) atoms. The molecule has 5 nitrogen and oxygen atoms in total. The third-order valence-corrected chi connectivity index (χ3v) is 2.31. The van der Waals surface area contributed by atoms with Crippen LogP contribution in [-0.2, 0) is 13.0 Å². The lowest BCUT2D eigenvalue weighted by Gasteiger charge is -2.02. The molecule has 0 fully saturated rings. The lowest BCUT2D eigenvalue weighted by atomic mass is 10.3. The van der Waals surface area contributed by atoms with Gasteiger partial charge in [0.15, 0.2) is 12.4 Å². The van der Waals surface area contributed by atoms with Crippen molar-refractivity contribution in [1.82, 2.24) is 10.1 Å². The van der Waals surface area contributed by atoms with Crippen molar-refractivity contribution >= 4 is 11.6 Å². The van der Waals surface area contributed by atoms with Crippen molar-refractivity contribution in [3.05, 3.63) is 41.0 Å². The highest BCUT2D eigenvalue weighted by atomic mass is 35.5. The lowest BCUT2D eigenvalue weighted by molar-refractivity contribution is 0.242. The van der Waals surface area contributed by atoms with Gasteiger partial charge in [0.05, 0.1) is 0 Å². The van der Waals surface area contributed by atoms with E-state index in [9.17, 15) is 0 Å². The van der Waals surface area contributed by atoms with Gasteiger partial charge in [-0.25, -0.2) is 0 Å². The molecule has 1 aromatic heterocycles. The molecule has 2 aromatic rings. The number of halogens is 1. The Morgan fingerprint density at radius 1 is 1.29 bits per heavy atom. The normalized spacial score (nSPS) is 10.5. The molecule has 2 rings (SSSR count). The van der Waals surface area contributed by atoms with Crippen LogP contribution in [0.4, 0.5) is 0 Å². The third kappa shape index (κ3) is 3.44. The summed E-state index contributed by atoms with van der Waals surface area (Å²) in [7, 11) is 0. The minimum absolute atomic E-state index is 0.235. The van der Waals surface area contributed by atoms with Gasteiger partial charge in [0.25, 0.3) is 5.89 Å². The van der Waals surface area contributed by atoms with Gasteiger partial charge in [0.1, 0.15) is 5.75 Å². The largest absolute Gasteiger partial charge is 0.484 e. The third-order valence-electron chi connectivity index (χ3n) is 2.05. The molecule has 1 heterocycles. The van der Waals surface area contributed by atoms with Crippen LogP contribution in [-0.4, -0.2) is 16.7 Å². The fraction of sp³-hybridized carbons (Fsp3) is 0.273. The van der Waals surface area contributed by atoms with Crippen molar-refractivity contribution < 1.29 is 9.26 Å². The monoisotopic (exact) mass is 253 g/mol. The predicted octanol–water partition coefficient (Wildman–Crippen LogP) is 1.80. The molecule has 0 saturated carbocycles. The highest BCUT2D eigenvalue weighted by Gasteiger charge is 2.06. The van der Waals surface area contributed by atoms with E-state index in [2.05, 4.69) is 10.1 Å². The quantitative estimate of drug-likeness (QED) is 0.880. The van der Waals surface area contributed by atoms with E-state index in [1.165, 1.54) is 0 Å². The Morgan fingerprint density at radius 3 is 2.76 bits per heavy atom. The molecule has 0 unspecified atom stereocenters. The van der Waals surface area contributed by atoms with Gasteiger partial charge >= 0.3 is 0 Å². The topological polar surface area (TPSA) is 74.2 Å². The van der Waals surface area contributed by atoms with Crippen LogP contribution in [0.5, 0.6) is 5.75 Å². The Labute approximate surface area is 104 Å². The summed E-state index contributed by atoms with van der Waals surface area (Å²) in [5.41, 5.74) is 5.38. The van der Waals surface area contributed by atoms with Crippen molar-refractivity contribution in [2.75, 3.05) is 6.54 Å². The Hall–Kier alpha value is -1.59. The second-order valence-corrected chi connectivity index (χ2v) is 3.82. The van der Waals surface area contributed by atoms with Gasteiger partial charge in [-0.1, -0.05) is 16.8 Å². The van der Waals surface area contributed by atoms with E-state index in [1.807, 2.05) is 0 Å². The molecule has 90 valence electrons. The van der Waals surface area contributed by atoms with E-state index in [1.54, 1.807) is 24.3 Å². The summed E-state index contributed by atoms with van der Waals surface area (Å²) in [6, 6.07) is 7.06. The minimum atomic E-state index is 0.235. The Morgan fingerprint density at radius 2 is 2.06 bits per heavy atom. The van der Waals surface area contributed by atoms with Crippen molar-refractivity contribution in [3.63, 3.8) is 0 Å². The molecule has 0 atom stereocenters. The van der Waals surface area contributed by atoms with Crippen LogP contribution < -0.4 is 10.5 Å². The maximum atomic E-state index is 5.76. The van der Waals surface area contributed by atoms with Crippen molar-refractivity contribution in [2.45, 2.75) is 13.0 Å². The van der Waals surface area contributed by atoms with Crippen LogP contribution in [0.15, 0.2) is 28.8 Å². The summed E-state index contributed by atoms with van der Waals surface area (Å²) in [5, 5.41) is 4.43. The number of nitrogens with two attached hydrogens (primary N) is 1. The SMILES string of the molecule is NCCc1noc(COc2ccc(Cl)cc2)n1. The van der Waals surface area contributed by atoms with Crippen LogP contribution >= 0.6 is 11.6 Å². The second kappa shape index (κ2) is 5.65. The molecule has 0 amide bonds. The van der Waals surface area contributed by atoms with Gasteiger partial charge in [-0.2, -0.15) is 4.98 Å². The smallest absolute Gasteiger partial charge is 0.264 e. The molecule has 0 aliphatic rings. The zero-order valence-corrected chi connectivity index (χ0v) is 9.85. The summed E-state index contributed by atoms with van der Waals surface area (Å²) in [6.07, 6.45) is 0.602. The van der Waals surface area contributed by atoms with Crippen molar-refractivity contribution in [1.29, 1.82) is 0 Å². The van der Waals surface area contributed by atoms with E-state index in [0.717, 1.165) is 0 Å². The van der Waals surface area contributed by atoms with Crippen LogP contribution in [0.3, 0.4) is 0 Å². The van der Waals surface area contributed by atoms with Gasteiger partial charge < -0.3 is 15.0 Å². The minimum Gasteiger partial charge on any atom is -0.484 e. The number of aromatic nitrogens is 2. The highest BCUT2D eigenvalue weighted by molar-refractivity contribution is 6.30. The van der Waals surface area contributed by atoms with Crippen LogP contribution in [0.1, 0.15) is 11.7 Å². The van der Waals surface area contributed by atoms with Gasteiger partial charge in [0, 0.05) is 11.4 Å². The van der Waals surface area contributed by atoms with E-state index >= 15 is 0 Å². The van der Waals surface area contributed by atoms with Gasteiger partial charge in [0.2, 0.25) is 0 Å². The summed E-state index contributed by atoms with van der Waals surface area (Å²) < 4.78 is 10.4. The first-order valence-electron chi connectivity index (χ1n) is 5.18. The molecule has 0 spiro atoms. The first-order chi connectivity index (χ1) is 8.28. The van der Waals surface area contributed by atoms with Gasteiger partial charge in [-0.15, -0.1) is 0 Å². The van der Waals surface area contributed by atoms with Crippen molar-refractivity contribution in [3.8, 4) is 5.75 Å². The van der Waals surface area contributed by atoms with Crippen molar-refractivity contribution in [2.24, 2.45) is 5.73 Å². The average molecular weight is 254 g/mol. The number of benzene rings is 1. The molecule has 0 saturated heterocycles. The number of rotatable bonds is 5. The number of ether oxygens (including phenoxy) is 1. The van der Waals surface area contributed by atoms with Crippen LogP contribution in [0, 0.1) is 0 Å². The summed E-state index contributed by atoms with van der Waals surface area (Å²) >= 11 is 5.76. The Kier molecular flexibility index (Phi) is 3.95. The van der Waals surface area contributed by atoms with Crippen LogP contribution in [0.2, 0.25) is 5.02 Å². The highest BCUT2D eigenvalue weighted by Crippen LogP contribution is 2.16. The van der Waals surface area contributed by atoms with E-state index in [0.29, 0.717) is 35.5 Å². The summed E-state index contributed by atoms with van der Waals surface area (Å²) in [6.45, 7) is 0.732. The molecule has 0 aliphatic carbocycles. The fourth-order valence-electron chi connectivity index (χ4n) is 1.26. The second-order valence-electron chi connectivity index (χ2n) is 3.39. The number of hydrogen-bond acceptors (Lipinski definition) is 5. The first-order valence-corrected chi connectivity index (χ1v) is 5.55. The standard InChI is InChI=1S/C11H12ClN3O2/c12-8-1-3-9(4-2-8)16-7-11-14-10(5-6-13)15-17-11/h1-4H,5-7,13H2. The number of nitrogens with zero attached hydrogens (tertiary/aromatic N) is 2. The van der Waals surface area contributed by atoms with Crippen LogP contribution in [0.25, 0.3) is 0 Å². The predicted molar refractivity (Wildman–Crippen MR) is 62.8 cm³/mol. The molecule has 0 radical (unpaired) electrons. The molecular formula is C11H12ClN3O2. The molecule has 0 bridgehead atoms. The fourth-order valence-corrected chi connectivity index (χ4v) is 1.38. The molecule has 6 heteroatoms. The lowest BCUT2D eigenvalue weighted by Crippen LogP contribution is -2.04. The summed E-state index contributed by atoms with van der Waals surface area (Å²) in [4.78, 5) is 4.12. The maximum Gasteiger partial charge on any atom is 0.264 e. The van der Waals surface area contributed by atoms with E-state index in [-0.39, 0.29) is 6.61 Å².